The molecule has 92 valence electrons. The van der Waals surface area contributed by atoms with E-state index < -0.39 is 0 Å². The molecule has 17 heavy (non-hydrogen) atoms. The molecule has 1 heterocycles. The summed E-state index contributed by atoms with van der Waals surface area (Å²) in [7, 11) is 0. The van der Waals surface area contributed by atoms with E-state index in [1.807, 2.05) is 19.1 Å². The summed E-state index contributed by atoms with van der Waals surface area (Å²) in [4.78, 5) is 11.9. The minimum Gasteiger partial charge on any atom is -0.325 e. The van der Waals surface area contributed by atoms with Gasteiger partial charge in [0.05, 0.1) is 6.04 Å². The zero-order valence-electron chi connectivity index (χ0n) is 9.92. The Kier molecular flexibility index (Phi) is 4.02. The standard InChI is InChI=1S/C13H17ClN2O/c1-9-5-6-10(8-11(9)14)16-13(17)12-4-2-3-7-15-12/h5-6,8,12,15H,2-4,7H2,1H3,(H,16,17)/t12-/m0/s1. The van der Waals surface area contributed by atoms with E-state index in [9.17, 15) is 4.79 Å². The summed E-state index contributed by atoms with van der Waals surface area (Å²) < 4.78 is 0. The second-order valence-corrected chi connectivity index (χ2v) is 4.86. The van der Waals surface area contributed by atoms with Crippen LogP contribution in [0.15, 0.2) is 18.2 Å². The average molecular weight is 253 g/mol. The molecule has 1 saturated heterocycles. The zero-order valence-corrected chi connectivity index (χ0v) is 10.7. The molecule has 2 rings (SSSR count). The summed E-state index contributed by atoms with van der Waals surface area (Å²) in [6.07, 6.45) is 3.17. The van der Waals surface area contributed by atoms with Gasteiger partial charge in [0, 0.05) is 10.7 Å². The van der Waals surface area contributed by atoms with Crippen LogP contribution in [0.25, 0.3) is 0 Å². The number of halogens is 1. The minimum absolute atomic E-state index is 0.0321. The molecule has 0 radical (unpaired) electrons. The highest BCUT2D eigenvalue weighted by molar-refractivity contribution is 6.31. The molecule has 0 bridgehead atoms. The molecule has 0 spiro atoms. The number of anilines is 1. The number of benzene rings is 1. The van der Waals surface area contributed by atoms with Crippen molar-refractivity contribution in [3.63, 3.8) is 0 Å². The molecular weight excluding hydrogens is 236 g/mol. The van der Waals surface area contributed by atoms with Crippen molar-refractivity contribution in [3.8, 4) is 0 Å². The lowest BCUT2D eigenvalue weighted by atomic mass is 10.0. The highest BCUT2D eigenvalue weighted by Gasteiger charge is 2.20. The number of hydrogen-bond acceptors (Lipinski definition) is 2. The molecule has 1 aliphatic heterocycles. The van der Waals surface area contributed by atoms with Crippen molar-refractivity contribution in [1.82, 2.24) is 5.32 Å². The molecule has 3 nitrogen and oxygen atoms in total. The molecule has 2 N–H and O–H groups in total. The predicted molar refractivity (Wildman–Crippen MR) is 70.5 cm³/mol. The van der Waals surface area contributed by atoms with Crippen molar-refractivity contribution in [2.45, 2.75) is 32.2 Å². The van der Waals surface area contributed by atoms with Crippen LogP contribution in [0.4, 0.5) is 5.69 Å². The topological polar surface area (TPSA) is 41.1 Å². The number of piperidine rings is 1. The van der Waals surface area contributed by atoms with Crippen molar-refractivity contribution < 1.29 is 4.79 Å². The lowest BCUT2D eigenvalue weighted by Gasteiger charge is -2.22. The minimum atomic E-state index is -0.0659. The first-order chi connectivity index (χ1) is 8.16. The fraction of sp³-hybridized carbons (Fsp3) is 0.462. The van der Waals surface area contributed by atoms with Gasteiger partial charge in [-0.1, -0.05) is 24.1 Å². The Hall–Kier alpha value is -1.06. The lowest BCUT2D eigenvalue weighted by Crippen LogP contribution is -2.43. The van der Waals surface area contributed by atoms with Crippen molar-refractivity contribution in [2.24, 2.45) is 0 Å². The van der Waals surface area contributed by atoms with E-state index in [2.05, 4.69) is 10.6 Å². The van der Waals surface area contributed by atoms with E-state index in [1.54, 1.807) is 6.07 Å². The number of nitrogens with one attached hydrogen (secondary N) is 2. The molecule has 1 amide bonds. The van der Waals surface area contributed by atoms with Crippen LogP contribution in [0.3, 0.4) is 0 Å². The third-order valence-electron chi connectivity index (χ3n) is 3.07. The fourth-order valence-electron chi connectivity index (χ4n) is 1.98. The van der Waals surface area contributed by atoms with Gasteiger partial charge >= 0.3 is 0 Å². The molecule has 0 unspecified atom stereocenters. The van der Waals surface area contributed by atoms with E-state index in [-0.39, 0.29) is 11.9 Å². The van der Waals surface area contributed by atoms with Gasteiger partial charge in [0.25, 0.3) is 0 Å². The molecule has 1 aliphatic rings. The Labute approximate surface area is 107 Å². The molecule has 0 aromatic heterocycles. The molecule has 1 atom stereocenters. The van der Waals surface area contributed by atoms with Crippen molar-refractivity contribution in [3.05, 3.63) is 28.8 Å². The SMILES string of the molecule is Cc1ccc(NC(=O)[C@@H]2CCCCN2)cc1Cl. The van der Waals surface area contributed by atoms with Crippen molar-refractivity contribution >= 4 is 23.2 Å². The van der Waals surface area contributed by atoms with Crippen molar-refractivity contribution in [2.75, 3.05) is 11.9 Å². The Morgan fingerprint density at radius 1 is 1.47 bits per heavy atom. The second kappa shape index (κ2) is 5.52. The van der Waals surface area contributed by atoms with Gasteiger partial charge in [-0.05, 0) is 44.0 Å². The number of amides is 1. The van der Waals surface area contributed by atoms with Crippen LogP contribution < -0.4 is 10.6 Å². The maximum atomic E-state index is 11.9. The van der Waals surface area contributed by atoms with E-state index >= 15 is 0 Å². The van der Waals surface area contributed by atoms with Gasteiger partial charge in [-0.2, -0.15) is 0 Å². The monoisotopic (exact) mass is 252 g/mol. The first kappa shape index (κ1) is 12.4. The van der Waals surface area contributed by atoms with Gasteiger partial charge in [-0.25, -0.2) is 0 Å². The number of hydrogen-bond donors (Lipinski definition) is 2. The largest absolute Gasteiger partial charge is 0.325 e. The smallest absolute Gasteiger partial charge is 0.241 e. The van der Waals surface area contributed by atoms with Crippen molar-refractivity contribution in [1.29, 1.82) is 0 Å². The number of aryl methyl sites for hydroxylation is 1. The first-order valence-electron chi connectivity index (χ1n) is 5.97. The van der Waals surface area contributed by atoms with E-state index in [4.69, 9.17) is 11.6 Å². The Bertz CT molecular complexity index is 414. The molecule has 1 aromatic carbocycles. The highest BCUT2D eigenvalue weighted by Crippen LogP contribution is 2.20. The molecule has 0 aliphatic carbocycles. The highest BCUT2D eigenvalue weighted by atomic mass is 35.5. The molecule has 1 fully saturated rings. The van der Waals surface area contributed by atoms with E-state index in [0.29, 0.717) is 5.02 Å². The predicted octanol–water partition coefficient (Wildman–Crippen LogP) is 2.73. The number of carbonyl (C=O) groups excluding carboxylic acids is 1. The average Bonchev–Trinajstić information content (AvgIpc) is 2.35. The summed E-state index contributed by atoms with van der Waals surface area (Å²) in [6, 6.07) is 5.51. The Balaban J connectivity index is 1.99. The Morgan fingerprint density at radius 2 is 2.29 bits per heavy atom. The van der Waals surface area contributed by atoms with Gasteiger partial charge < -0.3 is 10.6 Å². The summed E-state index contributed by atoms with van der Waals surface area (Å²) in [6.45, 7) is 2.86. The normalized spacial score (nSPS) is 20.0. The van der Waals surface area contributed by atoms with E-state index in [0.717, 1.165) is 37.1 Å². The molecule has 4 heteroatoms. The Morgan fingerprint density at radius 3 is 2.94 bits per heavy atom. The van der Waals surface area contributed by atoms with Gasteiger partial charge in [0.2, 0.25) is 5.91 Å². The molecule has 1 aromatic rings. The summed E-state index contributed by atoms with van der Waals surface area (Å²) in [5, 5.41) is 6.79. The van der Waals surface area contributed by atoms with Gasteiger partial charge in [0.15, 0.2) is 0 Å². The van der Waals surface area contributed by atoms with Crippen LogP contribution in [0.5, 0.6) is 0 Å². The van der Waals surface area contributed by atoms with Gasteiger partial charge in [0.1, 0.15) is 0 Å². The van der Waals surface area contributed by atoms with Crippen LogP contribution in [-0.4, -0.2) is 18.5 Å². The number of rotatable bonds is 2. The third-order valence-corrected chi connectivity index (χ3v) is 3.47. The van der Waals surface area contributed by atoms with Gasteiger partial charge in [-0.3, -0.25) is 4.79 Å². The quantitative estimate of drug-likeness (QED) is 0.850. The van der Waals surface area contributed by atoms with Crippen LogP contribution in [-0.2, 0) is 4.79 Å². The fourth-order valence-corrected chi connectivity index (χ4v) is 2.16. The van der Waals surface area contributed by atoms with Crippen LogP contribution in [0.1, 0.15) is 24.8 Å². The summed E-state index contributed by atoms with van der Waals surface area (Å²) >= 11 is 6.02. The molecular formula is C13H17ClN2O. The van der Waals surface area contributed by atoms with E-state index in [1.165, 1.54) is 0 Å². The summed E-state index contributed by atoms with van der Waals surface area (Å²) in [5.41, 5.74) is 1.78. The number of carbonyl (C=O) groups is 1. The summed E-state index contributed by atoms with van der Waals surface area (Å²) in [5.74, 6) is 0.0321. The maximum absolute atomic E-state index is 11.9. The van der Waals surface area contributed by atoms with Gasteiger partial charge in [-0.15, -0.1) is 0 Å². The van der Waals surface area contributed by atoms with Crippen LogP contribution in [0.2, 0.25) is 5.02 Å². The van der Waals surface area contributed by atoms with Crippen LogP contribution >= 0.6 is 11.6 Å². The van der Waals surface area contributed by atoms with Crippen LogP contribution in [0, 0.1) is 6.92 Å². The third kappa shape index (κ3) is 3.20. The maximum Gasteiger partial charge on any atom is 0.241 e. The second-order valence-electron chi connectivity index (χ2n) is 4.46. The zero-order chi connectivity index (χ0) is 12.3. The lowest BCUT2D eigenvalue weighted by molar-refractivity contribution is -0.118. The molecule has 0 saturated carbocycles. The first-order valence-corrected chi connectivity index (χ1v) is 6.35.